The lowest BCUT2D eigenvalue weighted by Gasteiger charge is -2.31. The van der Waals surface area contributed by atoms with Gasteiger partial charge in [0.15, 0.2) is 0 Å². The first-order valence-corrected chi connectivity index (χ1v) is 14.9. The molecule has 0 spiro atoms. The zero-order valence-electron chi connectivity index (χ0n) is 20.8. The van der Waals surface area contributed by atoms with E-state index in [1.807, 2.05) is 66.7 Å². The van der Waals surface area contributed by atoms with E-state index in [9.17, 15) is 9.59 Å². The molecule has 1 N–H and O–H groups in total. The summed E-state index contributed by atoms with van der Waals surface area (Å²) in [7, 11) is 0. The number of hydrogen-bond acceptors (Lipinski definition) is 3. The van der Waals surface area contributed by atoms with Gasteiger partial charge < -0.3 is 10.2 Å². The summed E-state index contributed by atoms with van der Waals surface area (Å²) < 4.78 is 0.962. The smallest absolute Gasteiger partial charge is 0.243 e. The molecule has 0 aliphatic rings. The van der Waals surface area contributed by atoms with Crippen LogP contribution in [0.25, 0.3) is 0 Å². The molecule has 1 unspecified atom stereocenters. The quantitative estimate of drug-likeness (QED) is 0.201. The Kier molecular flexibility index (Phi) is 12.3. The molecule has 3 aromatic rings. The molecule has 0 fully saturated rings. The molecular formula is C29H31BrCl2N2O2S. The Morgan fingerprint density at radius 1 is 0.946 bits per heavy atom. The van der Waals surface area contributed by atoms with Crippen molar-refractivity contribution in [3.63, 3.8) is 0 Å². The highest BCUT2D eigenvalue weighted by Gasteiger charge is 2.30. The number of halogens is 3. The van der Waals surface area contributed by atoms with Crippen molar-refractivity contribution in [1.82, 2.24) is 10.2 Å². The van der Waals surface area contributed by atoms with Crippen LogP contribution >= 0.6 is 50.9 Å². The number of nitrogens with zero attached hydrogens (tertiary/aromatic N) is 1. The van der Waals surface area contributed by atoms with Crippen molar-refractivity contribution < 1.29 is 9.59 Å². The SMILES string of the molecule is CCCCNC(=O)C(Cc1ccccc1)N(Cc1ccc(Br)cc1)C(=O)CSCc1ccc(Cl)c(Cl)c1. The molecular weight excluding hydrogens is 591 g/mol. The van der Waals surface area contributed by atoms with Crippen molar-refractivity contribution in [2.24, 2.45) is 0 Å². The fourth-order valence-corrected chi connectivity index (χ4v) is 5.26. The van der Waals surface area contributed by atoms with Crippen LogP contribution in [0.1, 0.15) is 36.5 Å². The molecule has 37 heavy (non-hydrogen) atoms. The second-order valence-electron chi connectivity index (χ2n) is 8.74. The molecule has 3 aromatic carbocycles. The Morgan fingerprint density at radius 3 is 2.32 bits per heavy atom. The predicted octanol–water partition coefficient (Wildman–Crippen LogP) is 7.55. The summed E-state index contributed by atoms with van der Waals surface area (Å²) in [6, 6.07) is 22.6. The number of thioether (sulfide) groups is 1. The average Bonchev–Trinajstić information content (AvgIpc) is 2.90. The number of benzene rings is 3. The lowest BCUT2D eigenvalue weighted by molar-refractivity contribution is -0.139. The number of unbranched alkanes of at least 4 members (excludes halogenated alkanes) is 1. The van der Waals surface area contributed by atoms with E-state index in [0.29, 0.717) is 35.3 Å². The number of rotatable bonds is 13. The van der Waals surface area contributed by atoms with Crippen molar-refractivity contribution in [3.05, 3.63) is 104 Å². The van der Waals surface area contributed by atoms with Gasteiger partial charge in [-0.05, 0) is 47.4 Å². The van der Waals surface area contributed by atoms with E-state index < -0.39 is 6.04 Å². The molecule has 0 aliphatic carbocycles. The molecule has 0 radical (unpaired) electrons. The number of nitrogens with one attached hydrogen (secondary N) is 1. The predicted molar refractivity (Wildman–Crippen MR) is 159 cm³/mol. The molecule has 2 amide bonds. The first kappa shape index (κ1) is 29.6. The Hall–Kier alpha value is -1.99. The maximum atomic E-state index is 13.7. The van der Waals surface area contributed by atoms with Gasteiger partial charge in [0.05, 0.1) is 15.8 Å². The van der Waals surface area contributed by atoms with E-state index in [-0.39, 0.29) is 17.6 Å². The van der Waals surface area contributed by atoms with Crippen LogP contribution in [0.15, 0.2) is 77.3 Å². The first-order chi connectivity index (χ1) is 17.9. The van der Waals surface area contributed by atoms with Crippen LogP contribution in [-0.2, 0) is 28.3 Å². The van der Waals surface area contributed by atoms with E-state index in [2.05, 4.69) is 28.2 Å². The zero-order valence-corrected chi connectivity index (χ0v) is 24.7. The number of hydrogen-bond donors (Lipinski definition) is 1. The summed E-state index contributed by atoms with van der Waals surface area (Å²) in [5.74, 6) is 0.641. The van der Waals surface area contributed by atoms with Crippen LogP contribution in [0.4, 0.5) is 0 Å². The first-order valence-electron chi connectivity index (χ1n) is 12.2. The second-order valence-corrected chi connectivity index (χ2v) is 11.5. The van der Waals surface area contributed by atoms with Gasteiger partial charge in [-0.2, -0.15) is 0 Å². The van der Waals surface area contributed by atoms with Gasteiger partial charge in [-0.25, -0.2) is 0 Å². The molecule has 4 nitrogen and oxygen atoms in total. The molecule has 1 atom stereocenters. The highest BCUT2D eigenvalue weighted by Crippen LogP contribution is 2.25. The Labute approximate surface area is 242 Å². The lowest BCUT2D eigenvalue weighted by Crippen LogP contribution is -2.51. The van der Waals surface area contributed by atoms with E-state index in [1.165, 1.54) is 11.8 Å². The largest absolute Gasteiger partial charge is 0.354 e. The van der Waals surface area contributed by atoms with Crippen LogP contribution < -0.4 is 5.32 Å². The maximum Gasteiger partial charge on any atom is 0.243 e. The summed E-state index contributed by atoms with van der Waals surface area (Å²) >= 11 is 17.1. The van der Waals surface area contributed by atoms with Crippen molar-refractivity contribution in [2.75, 3.05) is 12.3 Å². The minimum absolute atomic E-state index is 0.0837. The summed E-state index contributed by atoms with van der Waals surface area (Å²) in [4.78, 5) is 28.8. The zero-order chi connectivity index (χ0) is 26.6. The normalized spacial score (nSPS) is 11.7. The summed E-state index contributed by atoms with van der Waals surface area (Å²) in [5, 5.41) is 4.05. The fraction of sp³-hybridized carbons (Fsp3) is 0.310. The van der Waals surface area contributed by atoms with E-state index in [0.717, 1.165) is 34.0 Å². The van der Waals surface area contributed by atoms with Gasteiger partial charge in [-0.3, -0.25) is 9.59 Å². The third kappa shape index (κ3) is 9.68. The molecule has 0 heterocycles. The molecule has 0 saturated carbocycles. The third-order valence-corrected chi connectivity index (χ3v) is 8.10. The van der Waals surface area contributed by atoms with Crippen LogP contribution in [0.5, 0.6) is 0 Å². The highest BCUT2D eigenvalue weighted by atomic mass is 79.9. The van der Waals surface area contributed by atoms with Gasteiger partial charge in [-0.1, -0.05) is 101 Å². The minimum Gasteiger partial charge on any atom is -0.354 e. The Morgan fingerprint density at radius 2 is 1.65 bits per heavy atom. The van der Waals surface area contributed by atoms with Gasteiger partial charge >= 0.3 is 0 Å². The minimum atomic E-state index is -0.624. The van der Waals surface area contributed by atoms with Crippen molar-refractivity contribution >= 4 is 62.7 Å². The monoisotopic (exact) mass is 620 g/mol. The molecule has 0 bridgehead atoms. The molecule has 0 aromatic heterocycles. The van der Waals surface area contributed by atoms with Crippen LogP contribution in [0.2, 0.25) is 10.0 Å². The Balaban J connectivity index is 1.82. The highest BCUT2D eigenvalue weighted by molar-refractivity contribution is 9.10. The van der Waals surface area contributed by atoms with Gasteiger partial charge in [0.2, 0.25) is 11.8 Å². The summed E-state index contributed by atoms with van der Waals surface area (Å²) in [6.45, 7) is 3.02. The van der Waals surface area contributed by atoms with Crippen molar-refractivity contribution in [3.8, 4) is 0 Å². The van der Waals surface area contributed by atoms with Crippen LogP contribution in [-0.4, -0.2) is 35.1 Å². The number of carbonyl (C=O) groups excluding carboxylic acids is 2. The third-order valence-electron chi connectivity index (χ3n) is 5.85. The Bertz CT molecular complexity index is 1160. The van der Waals surface area contributed by atoms with Gasteiger partial charge in [0.25, 0.3) is 0 Å². The van der Waals surface area contributed by atoms with E-state index in [4.69, 9.17) is 23.2 Å². The summed E-state index contributed by atoms with van der Waals surface area (Å²) in [5.41, 5.74) is 2.96. The van der Waals surface area contributed by atoms with E-state index >= 15 is 0 Å². The lowest BCUT2D eigenvalue weighted by atomic mass is 10.0. The van der Waals surface area contributed by atoms with Crippen molar-refractivity contribution in [1.29, 1.82) is 0 Å². The summed E-state index contributed by atoms with van der Waals surface area (Å²) in [6.07, 6.45) is 2.32. The van der Waals surface area contributed by atoms with Gasteiger partial charge in [0.1, 0.15) is 6.04 Å². The van der Waals surface area contributed by atoms with Crippen LogP contribution in [0.3, 0.4) is 0 Å². The van der Waals surface area contributed by atoms with Gasteiger partial charge in [-0.15, -0.1) is 11.8 Å². The topological polar surface area (TPSA) is 49.4 Å². The fourth-order valence-electron chi connectivity index (χ4n) is 3.82. The van der Waals surface area contributed by atoms with Crippen molar-refractivity contribution in [2.45, 2.75) is 44.5 Å². The maximum absolute atomic E-state index is 13.7. The van der Waals surface area contributed by atoms with Crippen LogP contribution in [0, 0.1) is 0 Å². The average molecular weight is 622 g/mol. The number of carbonyl (C=O) groups is 2. The second kappa shape index (κ2) is 15.4. The number of amides is 2. The molecule has 3 rings (SSSR count). The molecule has 0 aliphatic heterocycles. The molecule has 8 heteroatoms. The van der Waals surface area contributed by atoms with Gasteiger partial charge in [0, 0.05) is 29.7 Å². The molecule has 0 saturated heterocycles. The molecule has 196 valence electrons. The van der Waals surface area contributed by atoms with E-state index in [1.54, 1.807) is 11.0 Å². The standard InChI is InChI=1S/C29H31BrCl2N2O2S/c1-2-3-15-33-29(36)27(17-21-7-5-4-6-8-21)34(18-22-9-12-24(30)13-10-22)28(35)20-37-19-23-11-14-25(31)26(32)16-23/h4-14,16,27H,2-3,15,17-20H2,1H3,(H,33,36).